The van der Waals surface area contributed by atoms with Crippen LogP contribution in [-0.4, -0.2) is 14.2 Å². The molecule has 3 nitrogen and oxygen atoms in total. The summed E-state index contributed by atoms with van der Waals surface area (Å²) < 4.78 is 11.6. The molecule has 100 valence electrons. The Kier molecular flexibility index (Phi) is 4.17. The van der Waals surface area contributed by atoms with Crippen molar-refractivity contribution in [3.8, 4) is 11.5 Å². The number of hydrogen-bond acceptors (Lipinski definition) is 3. The molecule has 0 heterocycles. The molecule has 0 saturated heterocycles. The van der Waals surface area contributed by atoms with Gasteiger partial charge in [0.1, 0.15) is 0 Å². The minimum Gasteiger partial charge on any atom is -0.493 e. The highest BCUT2D eigenvalue weighted by atomic mass is 79.9. The summed E-state index contributed by atoms with van der Waals surface area (Å²) in [6.07, 6.45) is 5.72. The van der Waals surface area contributed by atoms with Crippen molar-refractivity contribution in [3.05, 3.63) is 22.2 Å². The first-order chi connectivity index (χ1) is 8.62. The van der Waals surface area contributed by atoms with Crippen LogP contribution in [0.1, 0.15) is 37.7 Å². The number of rotatable bonds is 3. The van der Waals surface area contributed by atoms with Crippen LogP contribution < -0.4 is 15.2 Å². The van der Waals surface area contributed by atoms with Crippen molar-refractivity contribution in [1.29, 1.82) is 0 Å². The lowest BCUT2D eigenvalue weighted by Crippen LogP contribution is -2.39. The largest absolute Gasteiger partial charge is 0.493 e. The van der Waals surface area contributed by atoms with Crippen LogP contribution in [0.15, 0.2) is 16.6 Å². The molecule has 0 atom stereocenters. The number of methoxy groups -OCH3 is 2. The van der Waals surface area contributed by atoms with Crippen molar-refractivity contribution in [2.75, 3.05) is 14.2 Å². The van der Waals surface area contributed by atoms with E-state index in [1.807, 2.05) is 6.07 Å². The highest BCUT2D eigenvalue weighted by molar-refractivity contribution is 9.10. The van der Waals surface area contributed by atoms with Crippen LogP contribution in [-0.2, 0) is 5.54 Å². The van der Waals surface area contributed by atoms with E-state index >= 15 is 0 Å². The van der Waals surface area contributed by atoms with E-state index in [1.165, 1.54) is 19.3 Å². The maximum atomic E-state index is 6.57. The van der Waals surface area contributed by atoms with Crippen molar-refractivity contribution in [1.82, 2.24) is 0 Å². The van der Waals surface area contributed by atoms with Gasteiger partial charge in [-0.05, 0) is 40.4 Å². The van der Waals surface area contributed by atoms with Crippen LogP contribution in [0, 0.1) is 0 Å². The lowest BCUT2D eigenvalue weighted by Gasteiger charge is -2.35. The Morgan fingerprint density at radius 3 is 2.33 bits per heavy atom. The topological polar surface area (TPSA) is 44.5 Å². The molecule has 4 heteroatoms. The monoisotopic (exact) mass is 313 g/mol. The second-order valence-electron chi connectivity index (χ2n) is 4.88. The normalized spacial score (nSPS) is 18.4. The Balaban J connectivity index is 2.45. The minimum absolute atomic E-state index is 0.239. The molecule has 0 radical (unpaired) electrons. The van der Waals surface area contributed by atoms with Gasteiger partial charge in [-0.25, -0.2) is 0 Å². The van der Waals surface area contributed by atoms with Gasteiger partial charge in [0.15, 0.2) is 11.5 Å². The first-order valence-corrected chi connectivity index (χ1v) is 7.11. The molecule has 0 amide bonds. The van der Waals surface area contributed by atoms with Gasteiger partial charge in [0.25, 0.3) is 0 Å². The van der Waals surface area contributed by atoms with E-state index in [-0.39, 0.29) is 5.54 Å². The average molecular weight is 314 g/mol. The molecule has 1 aromatic rings. The molecule has 18 heavy (non-hydrogen) atoms. The molecular weight excluding hydrogens is 294 g/mol. The average Bonchev–Trinajstić information content (AvgIpc) is 2.38. The van der Waals surface area contributed by atoms with Gasteiger partial charge in [-0.1, -0.05) is 25.3 Å². The highest BCUT2D eigenvalue weighted by Crippen LogP contribution is 2.44. The number of hydrogen-bond donors (Lipinski definition) is 1. The predicted molar refractivity (Wildman–Crippen MR) is 76.2 cm³/mol. The fraction of sp³-hybridized carbons (Fsp3) is 0.571. The molecule has 1 saturated carbocycles. The van der Waals surface area contributed by atoms with E-state index in [1.54, 1.807) is 14.2 Å². The Morgan fingerprint density at radius 2 is 1.78 bits per heavy atom. The molecule has 2 N–H and O–H groups in total. The number of benzene rings is 1. The van der Waals surface area contributed by atoms with E-state index in [9.17, 15) is 0 Å². The third-order valence-corrected chi connectivity index (χ3v) is 4.55. The Hall–Kier alpha value is -0.740. The van der Waals surface area contributed by atoms with E-state index in [4.69, 9.17) is 15.2 Å². The highest BCUT2D eigenvalue weighted by Gasteiger charge is 2.32. The summed E-state index contributed by atoms with van der Waals surface area (Å²) >= 11 is 3.62. The first-order valence-electron chi connectivity index (χ1n) is 6.32. The zero-order valence-corrected chi connectivity index (χ0v) is 12.5. The lowest BCUT2D eigenvalue weighted by atomic mass is 9.77. The molecule has 0 bridgehead atoms. The molecule has 0 unspecified atom stereocenters. The Bertz CT molecular complexity index is 428. The number of nitrogens with two attached hydrogens (primary N) is 1. The fourth-order valence-corrected chi connectivity index (χ4v) is 3.61. The smallest absolute Gasteiger partial charge is 0.175 e. The van der Waals surface area contributed by atoms with Gasteiger partial charge < -0.3 is 15.2 Å². The van der Waals surface area contributed by atoms with Crippen LogP contribution in [0.4, 0.5) is 0 Å². The zero-order valence-electron chi connectivity index (χ0n) is 11.0. The van der Waals surface area contributed by atoms with Gasteiger partial charge in [0.2, 0.25) is 0 Å². The second-order valence-corrected chi connectivity index (χ2v) is 5.67. The molecule has 1 fully saturated rings. The number of ether oxygens (including phenoxy) is 2. The van der Waals surface area contributed by atoms with E-state index in [0.29, 0.717) is 0 Å². The van der Waals surface area contributed by atoms with E-state index in [0.717, 1.165) is 34.4 Å². The molecular formula is C14H20BrNO2. The molecule has 1 aliphatic carbocycles. The Morgan fingerprint density at radius 1 is 1.11 bits per heavy atom. The minimum atomic E-state index is -0.239. The summed E-state index contributed by atoms with van der Waals surface area (Å²) in [6, 6.07) is 3.99. The van der Waals surface area contributed by atoms with Crippen molar-refractivity contribution >= 4 is 15.9 Å². The van der Waals surface area contributed by atoms with Crippen molar-refractivity contribution in [3.63, 3.8) is 0 Å². The molecule has 2 rings (SSSR count). The van der Waals surface area contributed by atoms with Crippen molar-refractivity contribution in [2.45, 2.75) is 37.6 Å². The van der Waals surface area contributed by atoms with E-state index < -0.39 is 0 Å². The first kappa shape index (κ1) is 13.7. The van der Waals surface area contributed by atoms with Gasteiger partial charge in [0.05, 0.1) is 18.7 Å². The van der Waals surface area contributed by atoms with Gasteiger partial charge >= 0.3 is 0 Å². The van der Waals surface area contributed by atoms with Crippen molar-refractivity contribution in [2.24, 2.45) is 5.73 Å². The summed E-state index contributed by atoms with van der Waals surface area (Å²) in [5.41, 5.74) is 7.46. The summed E-state index contributed by atoms with van der Waals surface area (Å²) in [5.74, 6) is 1.46. The summed E-state index contributed by atoms with van der Waals surface area (Å²) in [4.78, 5) is 0. The molecule has 0 spiro atoms. The summed E-state index contributed by atoms with van der Waals surface area (Å²) in [7, 11) is 3.29. The van der Waals surface area contributed by atoms with Crippen molar-refractivity contribution < 1.29 is 9.47 Å². The number of halogens is 1. The maximum Gasteiger partial charge on any atom is 0.175 e. The fourth-order valence-electron chi connectivity index (χ4n) is 2.73. The molecule has 1 aromatic carbocycles. The van der Waals surface area contributed by atoms with Gasteiger partial charge in [-0.15, -0.1) is 0 Å². The van der Waals surface area contributed by atoms with Crippen LogP contribution in [0.25, 0.3) is 0 Å². The standard InChI is InChI=1S/C14H20BrNO2/c1-17-11-7-6-10(12(15)13(11)18-2)14(16)8-4-3-5-9-14/h6-7H,3-5,8-9,16H2,1-2H3. The summed E-state index contributed by atoms with van der Waals surface area (Å²) in [5, 5.41) is 0. The molecule has 1 aliphatic rings. The second kappa shape index (κ2) is 5.49. The summed E-state index contributed by atoms with van der Waals surface area (Å²) in [6.45, 7) is 0. The van der Waals surface area contributed by atoms with Gasteiger partial charge in [-0.2, -0.15) is 0 Å². The quantitative estimate of drug-likeness (QED) is 0.927. The zero-order chi connectivity index (χ0) is 13.2. The molecule has 0 aromatic heterocycles. The third kappa shape index (κ3) is 2.36. The third-order valence-electron chi connectivity index (χ3n) is 3.77. The van der Waals surface area contributed by atoms with Crippen LogP contribution >= 0.6 is 15.9 Å². The molecule has 0 aliphatic heterocycles. The van der Waals surface area contributed by atoms with E-state index in [2.05, 4.69) is 22.0 Å². The van der Waals surface area contributed by atoms with Gasteiger partial charge in [-0.3, -0.25) is 0 Å². The van der Waals surface area contributed by atoms with Crippen LogP contribution in [0.3, 0.4) is 0 Å². The maximum absolute atomic E-state index is 6.57. The predicted octanol–water partition coefficient (Wildman–Crippen LogP) is 3.58. The van der Waals surface area contributed by atoms with Crippen LogP contribution in [0.2, 0.25) is 0 Å². The lowest BCUT2D eigenvalue weighted by molar-refractivity contribution is 0.297. The van der Waals surface area contributed by atoms with Crippen LogP contribution in [0.5, 0.6) is 11.5 Å². The SMILES string of the molecule is COc1ccc(C2(N)CCCCC2)c(Br)c1OC. The van der Waals surface area contributed by atoms with Gasteiger partial charge in [0, 0.05) is 5.54 Å². The Labute approximate surface area is 117 Å².